The van der Waals surface area contributed by atoms with Crippen molar-refractivity contribution in [3.05, 3.63) is 12.2 Å². The molecule has 0 aromatic rings. The molecule has 34 heavy (non-hydrogen) atoms. The molecule has 0 saturated heterocycles. The second-order valence-corrected chi connectivity index (χ2v) is 8.81. The summed E-state index contributed by atoms with van der Waals surface area (Å²) in [6, 6.07) is 0. The zero-order chi connectivity index (χ0) is 26.5. The standard InChI is InChI=1S/2C12H27N.C4H4O4/c2*1-4-7-10-13(11-8-5-2)12-9-6-3;5-3(6)1-2-4(7)8/h2*4-12H2,1-3H3;1-2H,(H,5,6)(H,7,8)/b;;2-1-. The summed E-state index contributed by atoms with van der Waals surface area (Å²) >= 11 is 0. The van der Waals surface area contributed by atoms with E-state index in [2.05, 4.69) is 51.3 Å². The maximum Gasteiger partial charge on any atom is 0.328 e. The Morgan fingerprint density at radius 1 is 0.471 bits per heavy atom. The molecule has 6 nitrogen and oxygen atoms in total. The molecule has 0 amide bonds. The van der Waals surface area contributed by atoms with Gasteiger partial charge in [-0.25, -0.2) is 9.59 Å². The molecule has 0 spiro atoms. The Balaban J connectivity index is -0.000000438. The lowest BCUT2D eigenvalue weighted by Gasteiger charge is -2.21. The highest BCUT2D eigenvalue weighted by molar-refractivity contribution is 5.89. The summed E-state index contributed by atoms with van der Waals surface area (Å²) in [5, 5.41) is 15.6. The summed E-state index contributed by atoms with van der Waals surface area (Å²) < 4.78 is 0. The number of aliphatic carboxylic acids is 2. The van der Waals surface area contributed by atoms with Gasteiger partial charge in [0.25, 0.3) is 0 Å². The molecule has 0 heterocycles. The van der Waals surface area contributed by atoms with Gasteiger partial charge < -0.3 is 20.0 Å². The second kappa shape index (κ2) is 31.6. The maximum absolute atomic E-state index is 9.55. The number of unbranched alkanes of at least 4 members (excludes halogenated alkanes) is 6. The Morgan fingerprint density at radius 3 is 0.765 bits per heavy atom. The molecule has 0 saturated carbocycles. The molecule has 0 radical (unpaired) electrons. The molecule has 204 valence electrons. The van der Waals surface area contributed by atoms with Gasteiger partial charge in [-0.3, -0.25) is 0 Å². The highest BCUT2D eigenvalue weighted by Crippen LogP contribution is 2.02. The van der Waals surface area contributed by atoms with Crippen molar-refractivity contribution in [1.82, 2.24) is 9.80 Å². The molecular weight excluding hydrogens is 428 g/mol. The Bertz CT molecular complexity index is 378. The molecular formula is C28H58N2O4. The van der Waals surface area contributed by atoms with Crippen LogP contribution in [0.3, 0.4) is 0 Å². The van der Waals surface area contributed by atoms with Crippen LogP contribution in [0.4, 0.5) is 0 Å². The Kier molecular flexibility index (Phi) is 34.5. The van der Waals surface area contributed by atoms with E-state index in [0.29, 0.717) is 12.2 Å². The quantitative estimate of drug-likeness (QED) is 0.179. The predicted molar refractivity (Wildman–Crippen MR) is 147 cm³/mol. The van der Waals surface area contributed by atoms with E-state index < -0.39 is 11.9 Å². The minimum absolute atomic E-state index is 0.558. The first-order valence-corrected chi connectivity index (χ1v) is 13.9. The van der Waals surface area contributed by atoms with Gasteiger partial charge in [0.15, 0.2) is 0 Å². The van der Waals surface area contributed by atoms with Crippen molar-refractivity contribution in [3.63, 3.8) is 0 Å². The number of hydrogen-bond donors (Lipinski definition) is 2. The maximum atomic E-state index is 9.55. The molecule has 0 aromatic heterocycles. The molecule has 0 atom stereocenters. The van der Waals surface area contributed by atoms with E-state index >= 15 is 0 Å². The third-order valence-corrected chi connectivity index (χ3v) is 5.34. The number of carboxylic acid groups (broad SMARTS) is 2. The van der Waals surface area contributed by atoms with Gasteiger partial charge >= 0.3 is 11.9 Å². The minimum atomic E-state index is -1.26. The molecule has 0 aliphatic heterocycles. The molecule has 2 N–H and O–H groups in total. The monoisotopic (exact) mass is 486 g/mol. The van der Waals surface area contributed by atoms with E-state index in [-0.39, 0.29) is 0 Å². The molecule has 0 aliphatic carbocycles. The number of rotatable bonds is 20. The van der Waals surface area contributed by atoms with Crippen LogP contribution >= 0.6 is 0 Å². The van der Waals surface area contributed by atoms with E-state index in [4.69, 9.17) is 10.2 Å². The molecule has 6 heteroatoms. The fourth-order valence-electron chi connectivity index (χ4n) is 3.10. The summed E-state index contributed by atoms with van der Waals surface area (Å²) in [5.41, 5.74) is 0. The van der Waals surface area contributed by atoms with Crippen LogP contribution in [0.2, 0.25) is 0 Å². The lowest BCUT2D eigenvalue weighted by molar-refractivity contribution is -0.134. The third-order valence-electron chi connectivity index (χ3n) is 5.34. The molecule has 0 unspecified atom stereocenters. The molecule has 0 bridgehead atoms. The molecule has 0 fully saturated rings. The summed E-state index contributed by atoms with van der Waals surface area (Å²) in [6.45, 7) is 21.5. The smallest absolute Gasteiger partial charge is 0.328 e. The average molecular weight is 487 g/mol. The second-order valence-electron chi connectivity index (χ2n) is 8.81. The van der Waals surface area contributed by atoms with Crippen LogP contribution in [-0.4, -0.2) is 71.2 Å². The van der Waals surface area contributed by atoms with Crippen LogP contribution in [0, 0.1) is 0 Å². The van der Waals surface area contributed by atoms with E-state index in [1.165, 1.54) is 116 Å². The van der Waals surface area contributed by atoms with E-state index in [1.54, 1.807) is 0 Å². The van der Waals surface area contributed by atoms with Gasteiger partial charge in [0.2, 0.25) is 0 Å². The van der Waals surface area contributed by atoms with Crippen LogP contribution in [0.5, 0.6) is 0 Å². The molecule has 0 aliphatic rings. The normalized spacial score (nSPS) is 10.7. The SMILES string of the molecule is CCCCN(CCCC)CCCC.CCCCN(CCCC)CCCC.O=C(O)/C=C\C(=O)O. The number of hydrogen-bond acceptors (Lipinski definition) is 4. The third kappa shape index (κ3) is 35.2. The first kappa shape index (κ1) is 37.2. The average Bonchev–Trinajstić information content (AvgIpc) is 2.82. The van der Waals surface area contributed by atoms with Gasteiger partial charge in [-0.2, -0.15) is 0 Å². The highest BCUT2D eigenvalue weighted by atomic mass is 16.4. The van der Waals surface area contributed by atoms with Crippen molar-refractivity contribution in [1.29, 1.82) is 0 Å². The van der Waals surface area contributed by atoms with Crippen LogP contribution in [0.25, 0.3) is 0 Å². The fraction of sp³-hybridized carbons (Fsp3) is 0.857. The predicted octanol–water partition coefficient (Wildman–Crippen LogP) is 7.09. The summed E-state index contributed by atoms with van der Waals surface area (Å²) in [7, 11) is 0. The number of nitrogens with zero attached hydrogens (tertiary/aromatic N) is 2. The summed E-state index contributed by atoms with van der Waals surface area (Å²) in [6.07, 6.45) is 17.3. The van der Waals surface area contributed by atoms with Crippen LogP contribution in [0.15, 0.2) is 12.2 Å². The van der Waals surface area contributed by atoms with Crippen molar-refractivity contribution in [2.24, 2.45) is 0 Å². The summed E-state index contributed by atoms with van der Waals surface area (Å²) in [4.78, 5) is 24.4. The van der Waals surface area contributed by atoms with Crippen LogP contribution in [-0.2, 0) is 9.59 Å². The topological polar surface area (TPSA) is 81.1 Å². The van der Waals surface area contributed by atoms with Gasteiger partial charge in [-0.1, -0.05) is 80.1 Å². The van der Waals surface area contributed by atoms with Gasteiger partial charge in [0.05, 0.1) is 0 Å². The van der Waals surface area contributed by atoms with E-state index in [0.717, 1.165) is 0 Å². The largest absolute Gasteiger partial charge is 0.478 e. The zero-order valence-corrected chi connectivity index (χ0v) is 23.5. The first-order valence-electron chi connectivity index (χ1n) is 13.9. The Morgan fingerprint density at radius 2 is 0.647 bits per heavy atom. The highest BCUT2D eigenvalue weighted by Gasteiger charge is 2.02. The van der Waals surface area contributed by atoms with Crippen molar-refractivity contribution >= 4 is 11.9 Å². The van der Waals surface area contributed by atoms with Crippen molar-refractivity contribution < 1.29 is 19.8 Å². The first-order chi connectivity index (χ1) is 16.3. The van der Waals surface area contributed by atoms with E-state index in [1.807, 2.05) is 0 Å². The van der Waals surface area contributed by atoms with Crippen molar-refractivity contribution in [2.45, 2.75) is 119 Å². The zero-order valence-electron chi connectivity index (χ0n) is 23.5. The van der Waals surface area contributed by atoms with E-state index in [9.17, 15) is 9.59 Å². The van der Waals surface area contributed by atoms with Crippen LogP contribution in [0.1, 0.15) is 119 Å². The summed E-state index contributed by atoms with van der Waals surface area (Å²) in [5.74, 6) is -2.51. The number of carboxylic acids is 2. The lowest BCUT2D eigenvalue weighted by atomic mass is 10.2. The lowest BCUT2D eigenvalue weighted by Crippen LogP contribution is -2.27. The Hall–Kier alpha value is -1.40. The Labute approximate surface area is 211 Å². The number of carbonyl (C=O) groups is 2. The molecule has 0 rings (SSSR count). The van der Waals surface area contributed by atoms with Gasteiger partial charge in [-0.05, 0) is 77.8 Å². The van der Waals surface area contributed by atoms with Gasteiger partial charge in [-0.15, -0.1) is 0 Å². The van der Waals surface area contributed by atoms with Gasteiger partial charge in [0.1, 0.15) is 0 Å². The minimum Gasteiger partial charge on any atom is -0.478 e. The molecule has 0 aromatic carbocycles. The van der Waals surface area contributed by atoms with Crippen molar-refractivity contribution in [3.8, 4) is 0 Å². The fourth-order valence-corrected chi connectivity index (χ4v) is 3.10. The van der Waals surface area contributed by atoms with Crippen molar-refractivity contribution in [2.75, 3.05) is 39.3 Å². The van der Waals surface area contributed by atoms with Gasteiger partial charge in [0, 0.05) is 12.2 Å². The van der Waals surface area contributed by atoms with Crippen LogP contribution < -0.4 is 0 Å².